The number of aliphatic hydroxyl groups is 1. The lowest BCUT2D eigenvalue weighted by molar-refractivity contribution is -0.139. The largest absolute Gasteiger partial charge is 0.493 e. The van der Waals surface area contributed by atoms with Crippen molar-refractivity contribution in [2.45, 2.75) is 43.8 Å². The number of hydrogen-bond acceptors (Lipinski definition) is 6. The first kappa shape index (κ1) is 27.2. The van der Waals surface area contributed by atoms with Gasteiger partial charge in [-0.15, -0.1) is 0 Å². The highest BCUT2D eigenvalue weighted by atomic mass is 19.4. The van der Waals surface area contributed by atoms with Crippen molar-refractivity contribution in [3.05, 3.63) is 65.0 Å². The molecule has 38 heavy (non-hydrogen) atoms. The molecule has 0 spiro atoms. The Balaban J connectivity index is 1.44. The quantitative estimate of drug-likeness (QED) is 0.295. The topological polar surface area (TPSA) is 109 Å². The molecule has 4 rings (SSSR count). The van der Waals surface area contributed by atoms with Crippen LogP contribution < -0.4 is 4.74 Å². The standard InChI is InChI=1S/C24H21F6N3O5/c25-23(26,27)15-6-3-13(4-7-15)2-1-9-37-19-8-5-14(10-17(19)24(28,29)30)20-31-21(38-32-20)18-11-16(34)12-33(18)22(35)36/h3-8,10,16,18,34H,1-2,9,11-12H2,(H,35,36). The van der Waals surface area contributed by atoms with E-state index in [1.54, 1.807) is 0 Å². The van der Waals surface area contributed by atoms with Crippen molar-refractivity contribution in [3.63, 3.8) is 0 Å². The molecule has 1 fully saturated rings. The van der Waals surface area contributed by atoms with Gasteiger partial charge in [0.05, 0.1) is 30.4 Å². The lowest BCUT2D eigenvalue weighted by Crippen LogP contribution is -2.30. The Bertz CT molecular complexity index is 1280. The van der Waals surface area contributed by atoms with Gasteiger partial charge >= 0.3 is 18.4 Å². The van der Waals surface area contributed by atoms with Crippen LogP contribution in [0.15, 0.2) is 47.0 Å². The summed E-state index contributed by atoms with van der Waals surface area (Å²) >= 11 is 0. The third kappa shape index (κ3) is 6.18. The van der Waals surface area contributed by atoms with Crippen molar-refractivity contribution in [3.8, 4) is 17.1 Å². The number of likely N-dealkylation sites (tertiary alicyclic amines) is 1. The highest BCUT2D eigenvalue weighted by molar-refractivity contribution is 5.66. The van der Waals surface area contributed by atoms with E-state index in [0.717, 1.165) is 29.2 Å². The average Bonchev–Trinajstić information content (AvgIpc) is 3.48. The number of aromatic nitrogens is 2. The molecule has 8 nitrogen and oxygen atoms in total. The van der Waals surface area contributed by atoms with Crippen LogP contribution in [0.3, 0.4) is 0 Å². The van der Waals surface area contributed by atoms with Gasteiger partial charge in [-0.05, 0) is 48.7 Å². The molecule has 2 unspecified atom stereocenters. The highest BCUT2D eigenvalue weighted by Crippen LogP contribution is 2.39. The third-order valence-corrected chi connectivity index (χ3v) is 5.94. The van der Waals surface area contributed by atoms with E-state index < -0.39 is 47.5 Å². The van der Waals surface area contributed by atoms with Crippen LogP contribution >= 0.6 is 0 Å². The third-order valence-electron chi connectivity index (χ3n) is 5.94. The van der Waals surface area contributed by atoms with Gasteiger partial charge in [-0.25, -0.2) is 4.79 Å². The first-order valence-electron chi connectivity index (χ1n) is 11.3. The van der Waals surface area contributed by atoms with Crippen molar-refractivity contribution < 1.29 is 50.6 Å². The minimum atomic E-state index is -4.79. The number of aryl methyl sites for hydroxylation is 1. The lowest BCUT2D eigenvalue weighted by Gasteiger charge is -2.17. The van der Waals surface area contributed by atoms with Crippen molar-refractivity contribution in [2.24, 2.45) is 0 Å². The molecule has 14 heteroatoms. The van der Waals surface area contributed by atoms with Crippen LogP contribution in [0.4, 0.5) is 31.1 Å². The van der Waals surface area contributed by atoms with Crippen molar-refractivity contribution in [1.82, 2.24) is 15.0 Å². The smallest absolute Gasteiger partial charge is 0.419 e. The summed E-state index contributed by atoms with van der Waals surface area (Å²) in [4.78, 5) is 16.3. The molecule has 204 valence electrons. The van der Waals surface area contributed by atoms with E-state index in [-0.39, 0.29) is 43.3 Å². The minimum Gasteiger partial charge on any atom is -0.493 e. The number of alkyl halides is 6. The van der Waals surface area contributed by atoms with Crippen LogP contribution in [0.2, 0.25) is 0 Å². The molecule has 0 aliphatic carbocycles. The second kappa shape index (κ2) is 10.5. The van der Waals surface area contributed by atoms with Crippen LogP contribution in [0, 0.1) is 0 Å². The van der Waals surface area contributed by atoms with Gasteiger partial charge in [-0.2, -0.15) is 31.3 Å². The Kier molecular flexibility index (Phi) is 7.54. The molecular weight excluding hydrogens is 524 g/mol. The number of carbonyl (C=O) groups is 1. The fraction of sp³-hybridized carbons (Fsp3) is 0.375. The molecule has 0 radical (unpaired) electrons. The van der Waals surface area contributed by atoms with E-state index in [1.807, 2.05) is 0 Å². The van der Waals surface area contributed by atoms with Crippen LogP contribution in [-0.2, 0) is 18.8 Å². The Hall–Kier alpha value is -3.81. The lowest BCUT2D eigenvalue weighted by atomic mass is 10.1. The first-order chi connectivity index (χ1) is 17.8. The fourth-order valence-electron chi connectivity index (χ4n) is 4.08. The maximum absolute atomic E-state index is 13.8. The number of rotatable bonds is 7. The molecule has 1 aliphatic rings. The monoisotopic (exact) mass is 545 g/mol. The Morgan fingerprint density at radius 1 is 1.08 bits per heavy atom. The molecular formula is C24H21F6N3O5. The number of β-amino-alcohol motifs (C(OH)–C–C–N with tert-alkyl or cyclic N) is 1. The van der Waals surface area contributed by atoms with Crippen molar-refractivity contribution in [2.75, 3.05) is 13.2 Å². The number of halogens is 6. The van der Waals surface area contributed by atoms with E-state index in [4.69, 9.17) is 9.26 Å². The molecule has 2 aromatic carbocycles. The summed E-state index contributed by atoms with van der Waals surface area (Å²) in [7, 11) is 0. The average molecular weight is 545 g/mol. The number of amides is 1. The Morgan fingerprint density at radius 3 is 2.42 bits per heavy atom. The van der Waals surface area contributed by atoms with Gasteiger partial charge in [0.25, 0.3) is 0 Å². The molecule has 1 aliphatic heterocycles. The van der Waals surface area contributed by atoms with Gasteiger partial charge in [0, 0.05) is 12.0 Å². The second-order valence-corrected chi connectivity index (χ2v) is 8.65. The molecule has 2 N–H and O–H groups in total. The summed E-state index contributed by atoms with van der Waals surface area (Å²) in [5, 5.41) is 22.7. The zero-order chi connectivity index (χ0) is 27.7. The number of hydrogen-bond donors (Lipinski definition) is 2. The van der Waals surface area contributed by atoms with Crippen LogP contribution in [0.5, 0.6) is 5.75 Å². The zero-order valence-electron chi connectivity index (χ0n) is 19.5. The normalized spacial score (nSPS) is 18.1. The van der Waals surface area contributed by atoms with E-state index >= 15 is 0 Å². The fourth-order valence-corrected chi connectivity index (χ4v) is 4.08. The predicted molar refractivity (Wildman–Crippen MR) is 118 cm³/mol. The Labute approximate surface area is 211 Å². The molecule has 1 aromatic heterocycles. The molecule has 3 aromatic rings. The van der Waals surface area contributed by atoms with E-state index in [2.05, 4.69) is 10.1 Å². The summed E-state index contributed by atoms with van der Waals surface area (Å²) in [6.07, 6.45) is -11.0. The van der Waals surface area contributed by atoms with Crippen molar-refractivity contribution >= 4 is 6.09 Å². The highest BCUT2D eigenvalue weighted by Gasteiger charge is 2.39. The van der Waals surface area contributed by atoms with Crippen LogP contribution in [-0.4, -0.2) is 50.6 Å². The number of ether oxygens (including phenoxy) is 1. The van der Waals surface area contributed by atoms with Crippen LogP contribution in [0.1, 0.15) is 41.5 Å². The van der Waals surface area contributed by atoms with Gasteiger partial charge in [0.2, 0.25) is 11.7 Å². The molecule has 0 saturated carbocycles. The zero-order valence-corrected chi connectivity index (χ0v) is 19.5. The molecule has 0 bridgehead atoms. The van der Waals surface area contributed by atoms with Gasteiger partial charge in [-0.1, -0.05) is 17.3 Å². The summed E-state index contributed by atoms with van der Waals surface area (Å²) in [5.74, 6) is -0.810. The van der Waals surface area contributed by atoms with Crippen molar-refractivity contribution in [1.29, 1.82) is 0 Å². The summed E-state index contributed by atoms with van der Waals surface area (Å²) in [6, 6.07) is 6.71. The summed E-state index contributed by atoms with van der Waals surface area (Å²) in [6.45, 7) is -0.286. The van der Waals surface area contributed by atoms with Gasteiger partial charge in [0.1, 0.15) is 11.8 Å². The maximum atomic E-state index is 13.8. The van der Waals surface area contributed by atoms with Gasteiger partial charge in [-0.3, -0.25) is 4.90 Å². The molecule has 1 saturated heterocycles. The SMILES string of the molecule is O=C(O)N1CC(O)CC1c1nc(-c2ccc(OCCCc3ccc(C(F)(F)F)cc3)c(C(F)(F)F)c2)no1. The van der Waals surface area contributed by atoms with Gasteiger partial charge in [0.15, 0.2) is 0 Å². The maximum Gasteiger partial charge on any atom is 0.419 e. The summed E-state index contributed by atoms with van der Waals surface area (Å²) < 4.78 is 89.6. The van der Waals surface area contributed by atoms with E-state index in [0.29, 0.717) is 12.0 Å². The number of nitrogens with zero attached hydrogens (tertiary/aromatic N) is 3. The first-order valence-corrected chi connectivity index (χ1v) is 11.3. The number of aliphatic hydroxyl groups excluding tert-OH is 1. The molecule has 2 atom stereocenters. The molecule has 2 heterocycles. The number of carboxylic acid groups (broad SMARTS) is 1. The number of benzene rings is 2. The van der Waals surface area contributed by atoms with Gasteiger partial charge < -0.3 is 19.5 Å². The second-order valence-electron chi connectivity index (χ2n) is 8.65. The predicted octanol–water partition coefficient (Wildman–Crippen LogP) is 5.57. The molecule has 1 amide bonds. The van der Waals surface area contributed by atoms with E-state index in [9.17, 15) is 41.4 Å². The van der Waals surface area contributed by atoms with Crippen LogP contribution in [0.25, 0.3) is 11.4 Å². The van der Waals surface area contributed by atoms with E-state index in [1.165, 1.54) is 18.2 Å². The Morgan fingerprint density at radius 2 is 1.79 bits per heavy atom. The minimum absolute atomic E-state index is 0.000978. The summed E-state index contributed by atoms with van der Waals surface area (Å²) in [5.41, 5.74) is -1.36.